The van der Waals surface area contributed by atoms with Gasteiger partial charge in [0.2, 0.25) is 0 Å². The molecule has 0 radical (unpaired) electrons. The lowest BCUT2D eigenvalue weighted by atomic mass is 10.0. The molecule has 0 saturated carbocycles. The molecule has 0 amide bonds. The van der Waals surface area contributed by atoms with Gasteiger partial charge in [-0.25, -0.2) is 0 Å². The number of benzene rings is 2. The SMILES string of the molecule is Nc1ccc(Cc2cc(Br)c(N)c(Br)c2)cc1Br. The Morgan fingerprint density at radius 3 is 1.89 bits per heavy atom. The lowest BCUT2D eigenvalue weighted by Gasteiger charge is -2.08. The van der Waals surface area contributed by atoms with E-state index in [0.717, 1.165) is 31.2 Å². The first-order chi connectivity index (χ1) is 8.47. The average Bonchev–Trinajstić information content (AvgIpc) is 2.31. The fourth-order valence-electron chi connectivity index (χ4n) is 1.66. The molecule has 0 aliphatic heterocycles. The van der Waals surface area contributed by atoms with Crippen molar-refractivity contribution in [2.45, 2.75) is 6.42 Å². The van der Waals surface area contributed by atoms with E-state index in [1.165, 1.54) is 11.1 Å². The summed E-state index contributed by atoms with van der Waals surface area (Å²) in [5.41, 5.74) is 15.5. The Morgan fingerprint density at radius 1 is 0.778 bits per heavy atom. The Balaban J connectivity index is 2.31. The van der Waals surface area contributed by atoms with Gasteiger partial charge in [0.1, 0.15) is 0 Å². The van der Waals surface area contributed by atoms with E-state index < -0.39 is 0 Å². The van der Waals surface area contributed by atoms with E-state index in [1.807, 2.05) is 30.3 Å². The average molecular weight is 435 g/mol. The van der Waals surface area contributed by atoms with Crippen molar-refractivity contribution in [3.8, 4) is 0 Å². The first-order valence-electron chi connectivity index (χ1n) is 5.24. The van der Waals surface area contributed by atoms with Crippen molar-refractivity contribution in [3.63, 3.8) is 0 Å². The van der Waals surface area contributed by atoms with Crippen LogP contribution in [0.2, 0.25) is 0 Å². The van der Waals surface area contributed by atoms with E-state index in [9.17, 15) is 0 Å². The van der Waals surface area contributed by atoms with Gasteiger partial charge in [-0.15, -0.1) is 0 Å². The molecule has 18 heavy (non-hydrogen) atoms. The highest BCUT2D eigenvalue weighted by atomic mass is 79.9. The molecule has 0 aliphatic carbocycles. The number of anilines is 2. The predicted octanol–water partition coefficient (Wildman–Crippen LogP) is 4.73. The maximum atomic E-state index is 5.87. The summed E-state index contributed by atoms with van der Waals surface area (Å²) in [6.07, 6.45) is 0.830. The Morgan fingerprint density at radius 2 is 1.33 bits per heavy atom. The summed E-state index contributed by atoms with van der Waals surface area (Å²) in [7, 11) is 0. The summed E-state index contributed by atoms with van der Waals surface area (Å²) in [4.78, 5) is 0. The minimum absolute atomic E-state index is 0.720. The second-order valence-electron chi connectivity index (χ2n) is 4.01. The van der Waals surface area contributed by atoms with Crippen LogP contribution in [0.25, 0.3) is 0 Å². The Hall–Kier alpha value is -0.520. The quantitative estimate of drug-likeness (QED) is 0.671. The van der Waals surface area contributed by atoms with Crippen LogP contribution in [-0.2, 0) is 6.42 Å². The zero-order valence-electron chi connectivity index (χ0n) is 9.38. The van der Waals surface area contributed by atoms with Crippen molar-refractivity contribution in [1.29, 1.82) is 0 Å². The van der Waals surface area contributed by atoms with Crippen LogP contribution in [0.3, 0.4) is 0 Å². The fourth-order valence-corrected chi connectivity index (χ4v) is 3.36. The van der Waals surface area contributed by atoms with Gasteiger partial charge in [0, 0.05) is 19.1 Å². The second-order valence-corrected chi connectivity index (χ2v) is 6.57. The highest BCUT2D eigenvalue weighted by molar-refractivity contribution is 9.11. The van der Waals surface area contributed by atoms with E-state index in [1.54, 1.807) is 0 Å². The minimum atomic E-state index is 0.720. The van der Waals surface area contributed by atoms with Crippen LogP contribution < -0.4 is 11.5 Å². The van der Waals surface area contributed by atoms with Gasteiger partial charge in [0.05, 0.1) is 5.69 Å². The monoisotopic (exact) mass is 432 g/mol. The molecule has 0 aromatic heterocycles. The highest BCUT2D eigenvalue weighted by Crippen LogP contribution is 2.31. The van der Waals surface area contributed by atoms with Gasteiger partial charge in [0.15, 0.2) is 0 Å². The standard InChI is InChI=1S/C13H11Br3N2/c14-9-4-7(1-2-12(9)17)3-8-5-10(15)13(18)11(16)6-8/h1-2,4-6H,3,17-18H2. The summed E-state index contributed by atoms with van der Waals surface area (Å²) in [6.45, 7) is 0. The molecule has 0 saturated heterocycles. The molecule has 0 bridgehead atoms. The number of hydrogen-bond acceptors (Lipinski definition) is 2. The van der Waals surface area contributed by atoms with Crippen molar-refractivity contribution in [1.82, 2.24) is 0 Å². The van der Waals surface area contributed by atoms with Crippen molar-refractivity contribution >= 4 is 59.2 Å². The molecule has 0 fully saturated rings. The molecule has 0 unspecified atom stereocenters. The second kappa shape index (κ2) is 5.63. The van der Waals surface area contributed by atoms with Gasteiger partial charge in [0.25, 0.3) is 0 Å². The molecule has 5 heteroatoms. The van der Waals surface area contributed by atoms with Crippen LogP contribution in [0.4, 0.5) is 11.4 Å². The van der Waals surface area contributed by atoms with E-state index in [0.29, 0.717) is 0 Å². The largest absolute Gasteiger partial charge is 0.398 e. The number of hydrogen-bond donors (Lipinski definition) is 2. The predicted molar refractivity (Wildman–Crippen MR) is 87.6 cm³/mol. The number of nitrogens with two attached hydrogens (primary N) is 2. The van der Waals surface area contributed by atoms with E-state index in [4.69, 9.17) is 11.5 Å². The molecule has 2 aromatic carbocycles. The van der Waals surface area contributed by atoms with Crippen LogP contribution in [0.5, 0.6) is 0 Å². The van der Waals surface area contributed by atoms with Crippen molar-refractivity contribution in [2.24, 2.45) is 0 Å². The van der Waals surface area contributed by atoms with Gasteiger partial charge in [-0.3, -0.25) is 0 Å². The van der Waals surface area contributed by atoms with Gasteiger partial charge in [-0.1, -0.05) is 6.07 Å². The van der Waals surface area contributed by atoms with Gasteiger partial charge < -0.3 is 11.5 Å². The van der Waals surface area contributed by atoms with Gasteiger partial charge in [-0.05, 0) is 89.6 Å². The summed E-state index contributed by atoms with van der Waals surface area (Å²) >= 11 is 10.3. The first kappa shape index (κ1) is 13.9. The number of rotatable bonds is 2. The van der Waals surface area contributed by atoms with Crippen LogP contribution in [0, 0.1) is 0 Å². The topological polar surface area (TPSA) is 52.0 Å². The lowest BCUT2D eigenvalue weighted by Crippen LogP contribution is -1.94. The molecule has 94 valence electrons. The maximum absolute atomic E-state index is 5.87. The molecule has 2 rings (SSSR count). The third-order valence-corrected chi connectivity index (χ3v) is 4.61. The molecule has 0 heterocycles. The molecular formula is C13H11Br3N2. The van der Waals surface area contributed by atoms with Crippen LogP contribution >= 0.6 is 47.8 Å². The van der Waals surface area contributed by atoms with Crippen LogP contribution in [0.15, 0.2) is 43.7 Å². The van der Waals surface area contributed by atoms with E-state index in [-0.39, 0.29) is 0 Å². The van der Waals surface area contributed by atoms with Crippen molar-refractivity contribution < 1.29 is 0 Å². The third-order valence-electron chi connectivity index (χ3n) is 2.61. The highest BCUT2D eigenvalue weighted by Gasteiger charge is 2.06. The third kappa shape index (κ3) is 3.08. The summed E-state index contributed by atoms with van der Waals surface area (Å²) < 4.78 is 2.73. The summed E-state index contributed by atoms with van der Waals surface area (Å²) in [5, 5.41) is 0. The van der Waals surface area contributed by atoms with Crippen molar-refractivity contribution in [2.75, 3.05) is 11.5 Å². The smallest absolute Gasteiger partial charge is 0.0603 e. The van der Waals surface area contributed by atoms with Gasteiger partial charge >= 0.3 is 0 Å². The maximum Gasteiger partial charge on any atom is 0.0603 e. The van der Waals surface area contributed by atoms with Crippen LogP contribution in [0.1, 0.15) is 11.1 Å². The zero-order chi connectivity index (χ0) is 13.3. The zero-order valence-corrected chi connectivity index (χ0v) is 14.1. The van der Waals surface area contributed by atoms with Crippen molar-refractivity contribution in [3.05, 3.63) is 54.9 Å². The molecule has 0 aliphatic rings. The Labute approximate surface area is 131 Å². The lowest BCUT2D eigenvalue weighted by molar-refractivity contribution is 1.18. The fraction of sp³-hybridized carbons (Fsp3) is 0.0769. The van der Waals surface area contributed by atoms with E-state index in [2.05, 4.69) is 47.8 Å². The molecular weight excluding hydrogens is 424 g/mol. The van der Waals surface area contributed by atoms with E-state index >= 15 is 0 Å². The molecule has 0 atom stereocenters. The van der Waals surface area contributed by atoms with Gasteiger partial charge in [-0.2, -0.15) is 0 Å². The molecule has 4 N–H and O–H groups in total. The minimum Gasteiger partial charge on any atom is -0.398 e. The molecule has 2 nitrogen and oxygen atoms in total. The Kier molecular flexibility index (Phi) is 4.35. The van der Waals surface area contributed by atoms with Crippen LogP contribution in [-0.4, -0.2) is 0 Å². The first-order valence-corrected chi connectivity index (χ1v) is 7.62. The Bertz CT molecular complexity index is 574. The summed E-state index contributed by atoms with van der Waals surface area (Å²) in [6, 6.07) is 10.0. The normalized spacial score (nSPS) is 10.6. The number of nitrogen functional groups attached to an aromatic ring is 2. The molecule has 0 spiro atoms. The number of halogens is 3. The molecule has 2 aromatic rings. The summed E-state index contributed by atoms with van der Waals surface area (Å²) in [5.74, 6) is 0.